The second-order valence-corrected chi connectivity index (χ2v) is 8.16. The molecule has 0 atom stereocenters. The zero-order valence-corrected chi connectivity index (χ0v) is 16.3. The Morgan fingerprint density at radius 1 is 1.17 bits per heavy atom. The predicted molar refractivity (Wildman–Crippen MR) is 101 cm³/mol. The van der Waals surface area contributed by atoms with Crippen molar-refractivity contribution < 1.29 is 9.53 Å². The van der Waals surface area contributed by atoms with E-state index in [1.165, 1.54) is 16.6 Å². The summed E-state index contributed by atoms with van der Waals surface area (Å²) in [5.74, 6) is 0. The van der Waals surface area contributed by atoms with Gasteiger partial charge in [-0.2, -0.15) is 0 Å². The van der Waals surface area contributed by atoms with E-state index in [0.717, 1.165) is 17.6 Å². The second kappa shape index (κ2) is 6.31. The summed E-state index contributed by atoms with van der Waals surface area (Å²) in [5.41, 5.74) is 1.98. The largest absolute Gasteiger partial charge is 0.444 e. The maximum Gasteiger partial charge on any atom is 0.410 e. The summed E-state index contributed by atoms with van der Waals surface area (Å²) < 4.78 is 8.70. The highest BCUT2D eigenvalue weighted by Gasteiger charge is 2.27. The molecule has 0 N–H and O–H groups in total. The number of aromatic nitrogens is 1. The van der Waals surface area contributed by atoms with Gasteiger partial charge < -0.3 is 19.1 Å². The van der Waals surface area contributed by atoms with Crippen molar-refractivity contribution in [3.05, 3.63) is 28.9 Å². The van der Waals surface area contributed by atoms with E-state index in [9.17, 15) is 4.79 Å². The standard InChI is InChI=1S/C18H24BrN3O2/c1-18(2,3)24-17(23)22-9-7-21(8-10-22)16-12-20(4)15-6-5-13(19)11-14(15)16/h5-6,11-12H,7-10H2,1-4H3. The Bertz CT molecular complexity index is 755. The molecule has 1 fully saturated rings. The quantitative estimate of drug-likeness (QED) is 0.734. The second-order valence-electron chi connectivity index (χ2n) is 7.24. The van der Waals surface area contributed by atoms with Crippen molar-refractivity contribution in [3.8, 4) is 0 Å². The first-order valence-corrected chi connectivity index (χ1v) is 9.01. The fourth-order valence-electron chi connectivity index (χ4n) is 3.05. The molecule has 1 aliphatic rings. The summed E-state index contributed by atoms with van der Waals surface area (Å²) >= 11 is 3.56. The normalized spacial score (nSPS) is 15.9. The molecule has 24 heavy (non-hydrogen) atoms. The number of amides is 1. The highest BCUT2D eigenvalue weighted by atomic mass is 79.9. The van der Waals surface area contributed by atoms with Gasteiger partial charge in [0.2, 0.25) is 0 Å². The van der Waals surface area contributed by atoms with Crippen LogP contribution < -0.4 is 4.90 Å². The summed E-state index contributed by atoms with van der Waals surface area (Å²) in [7, 11) is 2.07. The lowest BCUT2D eigenvalue weighted by Gasteiger charge is -2.36. The third-order valence-corrected chi connectivity index (χ3v) is 4.70. The Balaban J connectivity index is 1.73. The number of nitrogens with zero attached hydrogens (tertiary/aromatic N) is 3. The number of carbonyl (C=O) groups excluding carboxylic acids is 1. The minimum Gasteiger partial charge on any atom is -0.444 e. The topological polar surface area (TPSA) is 37.7 Å². The van der Waals surface area contributed by atoms with Crippen LogP contribution in [-0.2, 0) is 11.8 Å². The number of ether oxygens (including phenoxy) is 1. The maximum atomic E-state index is 12.2. The van der Waals surface area contributed by atoms with Gasteiger partial charge in [-0.25, -0.2) is 4.79 Å². The monoisotopic (exact) mass is 393 g/mol. The zero-order valence-electron chi connectivity index (χ0n) is 14.7. The van der Waals surface area contributed by atoms with Crippen LogP contribution in [0, 0.1) is 0 Å². The third kappa shape index (κ3) is 3.53. The van der Waals surface area contributed by atoms with Gasteiger partial charge in [0.1, 0.15) is 5.60 Å². The Labute approximate surface area is 151 Å². The molecule has 0 bridgehead atoms. The number of hydrogen-bond acceptors (Lipinski definition) is 3. The van der Waals surface area contributed by atoms with Crippen LogP contribution in [0.3, 0.4) is 0 Å². The van der Waals surface area contributed by atoms with Gasteiger partial charge in [0.15, 0.2) is 0 Å². The first-order valence-electron chi connectivity index (χ1n) is 8.22. The molecule has 0 saturated carbocycles. The van der Waals surface area contributed by atoms with Gasteiger partial charge in [-0.05, 0) is 39.0 Å². The first-order chi connectivity index (χ1) is 11.2. The molecular formula is C18H24BrN3O2. The van der Waals surface area contributed by atoms with Gasteiger partial charge in [-0.1, -0.05) is 15.9 Å². The molecule has 130 valence electrons. The van der Waals surface area contributed by atoms with Gasteiger partial charge in [-0.3, -0.25) is 0 Å². The maximum absolute atomic E-state index is 12.2. The van der Waals surface area contributed by atoms with Crippen LogP contribution in [0.4, 0.5) is 10.5 Å². The highest BCUT2D eigenvalue weighted by molar-refractivity contribution is 9.10. The van der Waals surface area contributed by atoms with E-state index in [-0.39, 0.29) is 6.09 Å². The Morgan fingerprint density at radius 2 is 1.83 bits per heavy atom. The number of halogens is 1. The van der Waals surface area contributed by atoms with Crippen molar-refractivity contribution in [3.63, 3.8) is 0 Å². The molecule has 1 aliphatic heterocycles. The number of piperazine rings is 1. The van der Waals surface area contributed by atoms with Gasteiger partial charge >= 0.3 is 6.09 Å². The molecule has 1 aromatic heterocycles. The van der Waals surface area contributed by atoms with Crippen molar-refractivity contribution in [2.75, 3.05) is 31.1 Å². The smallest absolute Gasteiger partial charge is 0.410 e. The number of fused-ring (bicyclic) bond motifs is 1. The molecule has 0 radical (unpaired) electrons. The minimum atomic E-state index is -0.448. The number of rotatable bonds is 1. The molecule has 1 amide bonds. The van der Waals surface area contributed by atoms with E-state index in [1.54, 1.807) is 4.90 Å². The van der Waals surface area contributed by atoms with Crippen LogP contribution in [0.2, 0.25) is 0 Å². The van der Waals surface area contributed by atoms with Gasteiger partial charge in [0.25, 0.3) is 0 Å². The van der Waals surface area contributed by atoms with E-state index in [1.807, 2.05) is 20.8 Å². The molecule has 1 aromatic carbocycles. The Morgan fingerprint density at radius 3 is 2.46 bits per heavy atom. The number of hydrogen-bond donors (Lipinski definition) is 0. The van der Waals surface area contributed by atoms with Crippen molar-refractivity contribution in [1.82, 2.24) is 9.47 Å². The fraction of sp³-hybridized carbons (Fsp3) is 0.500. The molecule has 2 heterocycles. The lowest BCUT2D eigenvalue weighted by atomic mass is 10.2. The molecular weight excluding hydrogens is 370 g/mol. The highest BCUT2D eigenvalue weighted by Crippen LogP contribution is 2.31. The number of aryl methyl sites for hydroxylation is 1. The summed E-state index contributed by atoms with van der Waals surface area (Å²) in [6.45, 7) is 8.67. The Hall–Kier alpha value is -1.69. The molecule has 2 aromatic rings. The van der Waals surface area contributed by atoms with Crippen molar-refractivity contribution >= 4 is 38.6 Å². The molecule has 0 spiro atoms. The first kappa shape index (κ1) is 17.1. The number of benzene rings is 1. The van der Waals surface area contributed by atoms with Crippen molar-refractivity contribution in [2.24, 2.45) is 7.05 Å². The Kier molecular flexibility index (Phi) is 4.51. The lowest BCUT2D eigenvalue weighted by Crippen LogP contribution is -2.50. The van der Waals surface area contributed by atoms with Crippen LogP contribution in [0.1, 0.15) is 20.8 Å². The van der Waals surface area contributed by atoms with Gasteiger partial charge in [0.05, 0.1) is 5.69 Å². The van der Waals surface area contributed by atoms with Crippen molar-refractivity contribution in [1.29, 1.82) is 0 Å². The summed E-state index contributed by atoms with van der Waals surface area (Å²) in [5, 5.41) is 1.23. The summed E-state index contributed by atoms with van der Waals surface area (Å²) in [6.07, 6.45) is 1.95. The minimum absolute atomic E-state index is 0.220. The average molecular weight is 394 g/mol. The van der Waals surface area contributed by atoms with Crippen LogP contribution in [0.25, 0.3) is 10.9 Å². The number of carbonyl (C=O) groups is 1. The summed E-state index contributed by atoms with van der Waals surface area (Å²) in [6, 6.07) is 6.34. The van der Waals surface area contributed by atoms with Crippen molar-refractivity contribution in [2.45, 2.75) is 26.4 Å². The summed E-state index contributed by atoms with van der Waals surface area (Å²) in [4.78, 5) is 16.3. The van der Waals surface area contributed by atoms with E-state index in [0.29, 0.717) is 13.1 Å². The zero-order chi connectivity index (χ0) is 17.5. The molecule has 0 aliphatic carbocycles. The van der Waals surface area contributed by atoms with Crippen LogP contribution >= 0.6 is 15.9 Å². The number of anilines is 1. The van der Waals surface area contributed by atoms with Gasteiger partial charge in [0, 0.05) is 54.8 Å². The van der Waals surface area contributed by atoms with Crippen LogP contribution in [0.5, 0.6) is 0 Å². The average Bonchev–Trinajstić information content (AvgIpc) is 2.82. The predicted octanol–water partition coefficient (Wildman–Crippen LogP) is 4.00. The third-order valence-electron chi connectivity index (χ3n) is 4.20. The SMILES string of the molecule is Cn1cc(N2CCN(C(=O)OC(C)(C)C)CC2)c2cc(Br)ccc21. The van der Waals surface area contributed by atoms with E-state index in [2.05, 4.69) is 56.8 Å². The van der Waals surface area contributed by atoms with E-state index >= 15 is 0 Å². The molecule has 6 heteroatoms. The molecule has 1 saturated heterocycles. The fourth-order valence-corrected chi connectivity index (χ4v) is 3.41. The van der Waals surface area contributed by atoms with E-state index < -0.39 is 5.60 Å². The van der Waals surface area contributed by atoms with Gasteiger partial charge in [-0.15, -0.1) is 0 Å². The van der Waals surface area contributed by atoms with Crippen LogP contribution in [0.15, 0.2) is 28.9 Å². The molecule has 0 unspecified atom stereocenters. The lowest BCUT2D eigenvalue weighted by molar-refractivity contribution is 0.0240. The van der Waals surface area contributed by atoms with E-state index in [4.69, 9.17) is 4.74 Å². The molecule has 5 nitrogen and oxygen atoms in total. The van der Waals surface area contributed by atoms with Crippen LogP contribution in [-0.4, -0.2) is 47.3 Å². The molecule has 3 rings (SSSR count).